The molecule has 3 aromatic carbocycles. The van der Waals surface area contributed by atoms with Crippen LogP contribution in [0.5, 0.6) is 17.2 Å². The van der Waals surface area contributed by atoms with Crippen LogP contribution in [-0.2, 0) is 24.1 Å². The van der Waals surface area contributed by atoms with Crippen LogP contribution in [0.4, 0.5) is 0 Å². The number of hydrogen-bond donors (Lipinski definition) is 7. The van der Waals surface area contributed by atoms with Crippen LogP contribution >= 0.6 is 34.0 Å². The van der Waals surface area contributed by atoms with Gasteiger partial charge in [-0.3, -0.25) is 4.79 Å². The van der Waals surface area contributed by atoms with Gasteiger partial charge in [-0.15, -0.1) is 30.6 Å². The zero-order valence-electron chi connectivity index (χ0n) is 43.8. The molecule has 0 bridgehead atoms. The number of aryl methyl sites for hydroxylation is 3. The van der Waals surface area contributed by atoms with Gasteiger partial charge in [-0.05, 0) is 92.1 Å². The number of aromatic nitrogens is 6. The number of aliphatic hydroxyl groups excluding tert-OH is 3. The largest absolute Gasteiger partial charge is 0.508 e. The summed E-state index contributed by atoms with van der Waals surface area (Å²) >= 11 is 4.98. The molecule has 0 aliphatic heterocycles. The number of phenols is 3. The van der Waals surface area contributed by atoms with Crippen molar-refractivity contribution in [3.05, 3.63) is 87.8 Å². The minimum atomic E-state index is -0.954. The number of hydrogen-bond acceptors (Lipinski definition) is 16. The molecule has 17 heteroatoms. The normalized spacial score (nSPS) is 10.6. The number of aromatic hydroxyl groups is 3. The van der Waals surface area contributed by atoms with Crippen molar-refractivity contribution in [1.82, 2.24) is 30.6 Å². The molecule has 0 aliphatic carbocycles. The topological polar surface area (TPSA) is 236 Å². The summed E-state index contributed by atoms with van der Waals surface area (Å²) in [4.78, 5) is 9.00. The van der Waals surface area contributed by atoms with Crippen molar-refractivity contribution in [3.8, 4) is 49.0 Å². The highest BCUT2D eigenvalue weighted by atomic mass is 32.1. The van der Waals surface area contributed by atoms with Crippen molar-refractivity contribution in [2.75, 3.05) is 13.2 Å². The van der Waals surface area contributed by atoms with Gasteiger partial charge in [-0.25, -0.2) is 0 Å². The molecule has 0 fully saturated rings. The smallest absolute Gasteiger partial charge is 0.300 e. The molecule has 0 amide bonds. The summed E-state index contributed by atoms with van der Waals surface area (Å²) in [6, 6.07) is 21.4. The lowest BCUT2D eigenvalue weighted by Gasteiger charge is -1.99. The minimum absolute atomic E-state index is 0.284. The molecule has 6 rings (SSSR count). The number of unbranched alkanes of at least 4 members (excludes halogenated alkanes) is 18. The maximum absolute atomic E-state index is 9.30. The van der Waals surface area contributed by atoms with Gasteiger partial charge in [0.05, 0.1) is 13.2 Å². The summed E-state index contributed by atoms with van der Waals surface area (Å²) in [7, 11) is 0. The number of aliphatic hydroxyl groups is 3. The van der Waals surface area contributed by atoms with Crippen molar-refractivity contribution in [2.24, 2.45) is 0 Å². The van der Waals surface area contributed by atoms with Gasteiger partial charge in [-0.2, -0.15) is 0 Å². The van der Waals surface area contributed by atoms with Gasteiger partial charge in [0.25, 0.3) is 5.97 Å². The Morgan fingerprint density at radius 1 is 0.411 bits per heavy atom. The van der Waals surface area contributed by atoms with E-state index in [0.29, 0.717) is 0 Å². The molecule has 14 nitrogen and oxygen atoms in total. The van der Waals surface area contributed by atoms with Crippen molar-refractivity contribution < 1.29 is 40.5 Å². The van der Waals surface area contributed by atoms with E-state index in [9.17, 15) is 15.3 Å². The van der Waals surface area contributed by atoms with E-state index in [1.807, 2.05) is 36.4 Å². The monoisotopic (exact) mass is 1060 g/mol. The molecule has 6 aromatic rings. The van der Waals surface area contributed by atoms with E-state index in [2.05, 4.69) is 51.4 Å². The van der Waals surface area contributed by atoms with Crippen LogP contribution in [0.25, 0.3) is 31.7 Å². The quantitative estimate of drug-likeness (QED) is 0.0217. The highest BCUT2D eigenvalue weighted by molar-refractivity contribution is 7.15. The van der Waals surface area contributed by atoms with Gasteiger partial charge in [0.15, 0.2) is 0 Å². The third kappa shape index (κ3) is 31.4. The standard InChI is InChI=1S/3C17H24N2OS.C3H8O3.C2H4O2/c3*1-2-3-4-5-6-7-8-9-16-18-19-17(21-16)14-10-12-15(20)13-11-14;4-1-3(6)2-5;1-2(3)4/h3*10-13,20H,2-9H2,1H3;3-6H,1-2H2;1H3,(H,3,4). The molecule has 73 heavy (non-hydrogen) atoms. The third-order valence-electron chi connectivity index (χ3n) is 11.1. The lowest BCUT2D eigenvalue weighted by molar-refractivity contribution is -0.134. The van der Waals surface area contributed by atoms with Crippen LogP contribution in [0.1, 0.15) is 178 Å². The zero-order valence-corrected chi connectivity index (χ0v) is 46.3. The zero-order chi connectivity index (χ0) is 53.3. The van der Waals surface area contributed by atoms with Crippen molar-refractivity contribution in [2.45, 2.75) is 188 Å². The van der Waals surface area contributed by atoms with Gasteiger partial charge >= 0.3 is 0 Å². The first-order valence-corrected chi connectivity index (χ1v) is 28.8. The van der Waals surface area contributed by atoms with E-state index >= 15 is 0 Å². The van der Waals surface area contributed by atoms with Crippen molar-refractivity contribution in [1.29, 1.82) is 0 Å². The molecule has 3 aromatic heterocycles. The van der Waals surface area contributed by atoms with E-state index in [0.717, 1.165) is 72.9 Å². The Hall–Kier alpha value is -4.91. The van der Waals surface area contributed by atoms with Crippen LogP contribution in [0.15, 0.2) is 72.8 Å². The van der Waals surface area contributed by atoms with Gasteiger partial charge in [0.2, 0.25) is 0 Å². The fourth-order valence-corrected chi connectivity index (χ4v) is 9.64. The van der Waals surface area contributed by atoms with Crippen molar-refractivity contribution >= 4 is 40.0 Å². The summed E-state index contributed by atoms with van der Waals surface area (Å²) in [5.74, 6) is 0.0182. The number of benzene rings is 3. The summed E-state index contributed by atoms with van der Waals surface area (Å²) < 4.78 is 0. The molecule has 3 heterocycles. The molecule has 0 radical (unpaired) electrons. The average molecular weight is 1070 g/mol. The maximum Gasteiger partial charge on any atom is 0.300 e. The highest BCUT2D eigenvalue weighted by Crippen LogP contribution is 2.29. The fourth-order valence-electron chi connectivity index (χ4n) is 6.98. The van der Waals surface area contributed by atoms with E-state index in [4.69, 9.17) is 25.2 Å². The number of nitrogens with zero attached hydrogens (tertiary/aromatic N) is 6. The number of rotatable bonds is 29. The lowest BCUT2D eigenvalue weighted by atomic mass is 10.1. The molecule has 0 atom stereocenters. The van der Waals surface area contributed by atoms with Crippen LogP contribution < -0.4 is 0 Å². The van der Waals surface area contributed by atoms with Gasteiger partial charge in [0, 0.05) is 42.9 Å². The Morgan fingerprint density at radius 2 is 0.630 bits per heavy atom. The number of phenolic OH excluding ortho intramolecular Hbond substituents is 3. The first kappa shape index (κ1) is 64.2. The Kier molecular flexibility index (Phi) is 36.4. The summed E-state index contributed by atoms with van der Waals surface area (Å²) in [6.45, 7) is 7.11. The molecule has 0 aliphatic rings. The van der Waals surface area contributed by atoms with Gasteiger partial charge in [-0.1, -0.05) is 170 Å². The molecule has 404 valence electrons. The minimum Gasteiger partial charge on any atom is -0.508 e. The van der Waals surface area contributed by atoms with Gasteiger partial charge in [0.1, 0.15) is 53.4 Å². The molecular formula is C56H84N6O8S3. The number of carboxylic acids is 1. The molecule has 0 saturated heterocycles. The first-order valence-electron chi connectivity index (χ1n) is 26.4. The second-order valence-electron chi connectivity index (χ2n) is 17.8. The fraction of sp³-hybridized carbons (Fsp3) is 0.554. The Balaban J connectivity index is 0.000000342. The lowest BCUT2D eigenvalue weighted by Crippen LogP contribution is -2.15. The summed E-state index contributed by atoms with van der Waals surface area (Å²) in [5, 5.41) is 91.0. The van der Waals surface area contributed by atoms with E-state index in [1.54, 1.807) is 70.4 Å². The Labute approximate surface area is 446 Å². The van der Waals surface area contributed by atoms with E-state index in [-0.39, 0.29) is 30.5 Å². The maximum atomic E-state index is 9.30. The Morgan fingerprint density at radius 3 is 0.836 bits per heavy atom. The SMILES string of the molecule is CC(=O)O.CCCCCCCCCc1nnc(-c2ccc(O)cc2)s1.CCCCCCCCCc1nnc(-c2ccc(O)cc2)s1.CCCCCCCCCc1nnc(-c2ccc(O)cc2)s1.OCC(O)CO. The van der Waals surface area contributed by atoms with Gasteiger partial charge < -0.3 is 35.7 Å². The van der Waals surface area contributed by atoms with Crippen LogP contribution in [0.2, 0.25) is 0 Å². The average Bonchev–Trinajstić information content (AvgIpc) is 4.19. The third-order valence-corrected chi connectivity index (χ3v) is 14.2. The molecule has 0 unspecified atom stereocenters. The first-order chi connectivity index (χ1) is 35.4. The predicted octanol–water partition coefficient (Wildman–Crippen LogP) is 14.0. The predicted molar refractivity (Wildman–Crippen MR) is 300 cm³/mol. The Bertz CT molecular complexity index is 2000. The van der Waals surface area contributed by atoms with Crippen molar-refractivity contribution in [3.63, 3.8) is 0 Å². The van der Waals surface area contributed by atoms with E-state index < -0.39 is 12.1 Å². The molecule has 0 saturated carbocycles. The number of aliphatic carboxylic acids is 1. The van der Waals surface area contributed by atoms with Crippen LogP contribution in [0, 0.1) is 0 Å². The van der Waals surface area contributed by atoms with Crippen LogP contribution in [-0.4, -0.2) is 91.6 Å². The molecular weight excluding hydrogens is 981 g/mol. The van der Waals surface area contributed by atoms with Crippen LogP contribution in [0.3, 0.4) is 0 Å². The summed E-state index contributed by atoms with van der Waals surface area (Å²) in [6.07, 6.45) is 29.9. The second-order valence-corrected chi connectivity index (χ2v) is 21.0. The second kappa shape index (κ2) is 41.4. The summed E-state index contributed by atoms with van der Waals surface area (Å²) in [5.41, 5.74) is 3.07. The highest BCUT2D eigenvalue weighted by Gasteiger charge is 2.09. The number of carboxylic acid groups (broad SMARTS) is 1. The molecule has 7 N–H and O–H groups in total. The van der Waals surface area contributed by atoms with E-state index in [1.165, 1.54) is 135 Å². The molecule has 0 spiro atoms. The number of carbonyl (C=O) groups is 1.